The molecule has 1 aliphatic heterocycles. The molecule has 0 unspecified atom stereocenters. The van der Waals surface area contributed by atoms with Crippen LogP contribution in [0.2, 0.25) is 0 Å². The highest BCUT2D eigenvalue weighted by Gasteiger charge is 2.40. The molecule has 2 aromatic rings. The third-order valence-electron chi connectivity index (χ3n) is 5.87. The zero-order chi connectivity index (χ0) is 20.4. The van der Waals surface area contributed by atoms with Gasteiger partial charge in [0.2, 0.25) is 0 Å². The summed E-state index contributed by atoms with van der Waals surface area (Å²) in [4.78, 5) is 2.47. The van der Waals surface area contributed by atoms with E-state index in [0.29, 0.717) is 29.8 Å². The number of anilines is 1. The number of fused-ring (bicyclic) bond motifs is 1. The van der Waals surface area contributed by atoms with Crippen molar-refractivity contribution in [3.8, 4) is 11.3 Å². The minimum Gasteiger partial charge on any atom is -0.380 e. The van der Waals surface area contributed by atoms with E-state index in [4.69, 9.17) is 4.74 Å². The third-order valence-corrected chi connectivity index (χ3v) is 5.87. The quantitative estimate of drug-likeness (QED) is 0.561. The zero-order valence-corrected chi connectivity index (χ0v) is 16.4. The smallest absolute Gasteiger partial charge is 0.168 e. The van der Waals surface area contributed by atoms with Gasteiger partial charge in [0.15, 0.2) is 11.6 Å². The van der Waals surface area contributed by atoms with Crippen LogP contribution in [0, 0.1) is 29.3 Å². The highest BCUT2D eigenvalue weighted by atomic mass is 19.2. The maximum Gasteiger partial charge on any atom is 0.168 e. The molecule has 0 radical (unpaired) electrons. The van der Waals surface area contributed by atoms with Gasteiger partial charge in [-0.25, -0.2) is 13.2 Å². The number of nitrogens with zero attached hydrogens (tertiary/aromatic N) is 3. The van der Waals surface area contributed by atoms with Crippen LogP contribution in [0.5, 0.6) is 0 Å². The van der Waals surface area contributed by atoms with Crippen molar-refractivity contribution in [2.45, 2.75) is 25.8 Å². The van der Waals surface area contributed by atoms with E-state index in [2.05, 4.69) is 20.4 Å². The maximum absolute atomic E-state index is 13.9. The summed E-state index contributed by atoms with van der Waals surface area (Å²) < 4.78 is 46.2. The molecule has 1 aromatic carbocycles. The molecule has 156 valence electrons. The first-order valence-electron chi connectivity index (χ1n) is 10.1. The van der Waals surface area contributed by atoms with E-state index in [1.165, 1.54) is 6.07 Å². The molecule has 0 bridgehead atoms. The highest BCUT2D eigenvalue weighted by molar-refractivity contribution is 5.60. The van der Waals surface area contributed by atoms with E-state index in [9.17, 15) is 13.2 Å². The first-order valence-corrected chi connectivity index (χ1v) is 10.1. The first kappa shape index (κ1) is 20.1. The summed E-state index contributed by atoms with van der Waals surface area (Å²) >= 11 is 0. The van der Waals surface area contributed by atoms with Crippen LogP contribution < -0.4 is 5.32 Å². The molecule has 1 saturated heterocycles. The Balaban J connectivity index is 1.33. The highest BCUT2D eigenvalue weighted by Crippen LogP contribution is 2.39. The largest absolute Gasteiger partial charge is 0.380 e. The van der Waals surface area contributed by atoms with Crippen molar-refractivity contribution in [2.75, 3.05) is 38.2 Å². The molecular weight excluding hydrogens is 381 g/mol. The molecule has 2 aliphatic rings. The van der Waals surface area contributed by atoms with Gasteiger partial charge in [-0.2, -0.15) is 0 Å². The number of rotatable bonds is 7. The van der Waals surface area contributed by atoms with Crippen molar-refractivity contribution in [3.63, 3.8) is 0 Å². The fourth-order valence-electron chi connectivity index (χ4n) is 4.54. The summed E-state index contributed by atoms with van der Waals surface area (Å²) in [6, 6.07) is 4.95. The Bertz CT molecular complexity index is 835. The molecular formula is C21H25F3N4O. The van der Waals surface area contributed by atoms with Gasteiger partial charge in [-0.15, -0.1) is 10.2 Å². The standard InChI is InChI=1S/C21H25F3N4O/c1-2-29-6-5-28-11-13-7-16(8-14(13)12-28)25-20-4-3-19(26-27-20)17-9-15(22)10-18(23)21(17)24/h3-4,9-10,13-14,16H,2,5-8,11-12H2,1H3,(H,25,27)/t13-,14+,16-. The number of halogens is 3. The summed E-state index contributed by atoms with van der Waals surface area (Å²) in [5.74, 6) is -1.29. The second kappa shape index (κ2) is 8.67. The van der Waals surface area contributed by atoms with Gasteiger partial charge in [-0.3, -0.25) is 0 Å². The Kier molecular flexibility index (Phi) is 6.01. The van der Waals surface area contributed by atoms with Crippen LogP contribution in [0.15, 0.2) is 24.3 Å². The molecule has 1 aromatic heterocycles. The van der Waals surface area contributed by atoms with Crippen LogP contribution in [0.1, 0.15) is 19.8 Å². The molecule has 1 aliphatic carbocycles. The van der Waals surface area contributed by atoms with Gasteiger partial charge < -0.3 is 15.0 Å². The number of likely N-dealkylation sites (tertiary alicyclic amines) is 1. The summed E-state index contributed by atoms with van der Waals surface area (Å²) in [7, 11) is 0. The molecule has 8 heteroatoms. The Morgan fingerprint density at radius 2 is 1.86 bits per heavy atom. The van der Waals surface area contributed by atoms with E-state index in [-0.39, 0.29) is 11.3 Å². The lowest BCUT2D eigenvalue weighted by Crippen LogP contribution is -2.28. The van der Waals surface area contributed by atoms with E-state index < -0.39 is 17.5 Å². The van der Waals surface area contributed by atoms with Crippen molar-refractivity contribution in [2.24, 2.45) is 11.8 Å². The molecule has 2 heterocycles. The Labute approximate surface area is 168 Å². The first-order chi connectivity index (χ1) is 14.0. The predicted octanol–water partition coefficient (Wildman–Crippen LogP) is 3.72. The van der Waals surface area contributed by atoms with Gasteiger partial charge in [-0.1, -0.05) is 0 Å². The van der Waals surface area contributed by atoms with Crippen molar-refractivity contribution >= 4 is 5.82 Å². The van der Waals surface area contributed by atoms with Gasteiger partial charge in [0.1, 0.15) is 11.6 Å². The molecule has 4 rings (SSSR count). The van der Waals surface area contributed by atoms with Crippen molar-refractivity contribution in [3.05, 3.63) is 41.7 Å². The van der Waals surface area contributed by atoms with Crippen LogP contribution in [-0.4, -0.2) is 54.0 Å². The molecule has 0 spiro atoms. The van der Waals surface area contributed by atoms with Gasteiger partial charge >= 0.3 is 0 Å². The van der Waals surface area contributed by atoms with E-state index >= 15 is 0 Å². The Morgan fingerprint density at radius 1 is 1.10 bits per heavy atom. The van der Waals surface area contributed by atoms with Crippen molar-refractivity contribution < 1.29 is 17.9 Å². The molecule has 1 saturated carbocycles. The summed E-state index contributed by atoms with van der Waals surface area (Å²) in [5, 5.41) is 11.4. The SMILES string of the molecule is CCOCCN1C[C@H]2C[C@@H](Nc3ccc(-c4cc(F)cc(F)c4F)nn3)C[C@H]2C1. The number of ether oxygens (including phenoxy) is 1. The van der Waals surface area contributed by atoms with Crippen molar-refractivity contribution in [1.82, 2.24) is 15.1 Å². The zero-order valence-electron chi connectivity index (χ0n) is 16.4. The average Bonchev–Trinajstić information content (AvgIpc) is 3.23. The number of hydrogen-bond acceptors (Lipinski definition) is 5. The van der Waals surface area contributed by atoms with Gasteiger partial charge in [-0.05, 0) is 49.8 Å². The lowest BCUT2D eigenvalue weighted by molar-refractivity contribution is 0.119. The number of aromatic nitrogens is 2. The van der Waals surface area contributed by atoms with Crippen LogP contribution in [0.3, 0.4) is 0 Å². The Morgan fingerprint density at radius 3 is 2.52 bits per heavy atom. The normalized spacial score (nSPS) is 24.1. The van der Waals surface area contributed by atoms with Crippen LogP contribution >= 0.6 is 0 Å². The number of benzene rings is 1. The Hall–Kier alpha value is -2.19. The lowest BCUT2D eigenvalue weighted by atomic mass is 10.0. The summed E-state index contributed by atoms with van der Waals surface area (Å²) in [5.41, 5.74) is -0.135. The van der Waals surface area contributed by atoms with Gasteiger partial charge in [0, 0.05) is 43.9 Å². The summed E-state index contributed by atoms with van der Waals surface area (Å²) in [6.07, 6.45) is 2.14. The second-order valence-electron chi connectivity index (χ2n) is 7.84. The van der Waals surface area contributed by atoms with Crippen molar-refractivity contribution in [1.29, 1.82) is 0 Å². The number of nitrogens with one attached hydrogen (secondary N) is 1. The molecule has 3 atom stereocenters. The molecule has 29 heavy (non-hydrogen) atoms. The minimum atomic E-state index is -1.24. The summed E-state index contributed by atoms with van der Waals surface area (Å²) in [6.45, 7) is 6.75. The lowest BCUT2D eigenvalue weighted by Gasteiger charge is -2.19. The van der Waals surface area contributed by atoms with Crippen LogP contribution in [-0.2, 0) is 4.74 Å². The fourth-order valence-corrected chi connectivity index (χ4v) is 4.54. The maximum atomic E-state index is 13.9. The minimum absolute atomic E-state index is 0.0969. The van der Waals surface area contributed by atoms with Crippen LogP contribution in [0.4, 0.5) is 19.0 Å². The third kappa shape index (κ3) is 4.53. The molecule has 0 amide bonds. The van der Waals surface area contributed by atoms with Gasteiger partial charge in [0.25, 0.3) is 0 Å². The average molecular weight is 406 g/mol. The fraction of sp³-hybridized carbons (Fsp3) is 0.524. The molecule has 2 fully saturated rings. The van der Waals surface area contributed by atoms with E-state index in [1.54, 1.807) is 6.07 Å². The van der Waals surface area contributed by atoms with E-state index in [1.807, 2.05) is 6.92 Å². The monoisotopic (exact) mass is 406 g/mol. The predicted molar refractivity (Wildman–Crippen MR) is 104 cm³/mol. The molecule has 1 N–H and O–H groups in total. The second-order valence-corrected chi connectivity index (χ2v) is 7.84. The van der Waals surface area contributed by atoms with Gasteiger partial charge in [0.05, 0.1) is 12.3 Å². The number of hydrogen-bond donors (Lipinski definition) is 1. The van der Waals surface area contributed by atoms with Crippen LogP contribution in [0.25, 0.3) is 11.3 Å². The van der Waals surface area contributed by atoms with E-state index in [0.717, 1.165) is 51.8 Å². The molecule has 5 nitrogen and oxygen atoms in total. The topological polar surface area (TPSA) is 50.3 Å².